The number of carbonyl (C=O) groups is 1. The van der Waals surface area contributed by atoms with Crippen molar-refractivity contribution in [1.29, 1.82) is 0 Å². The van der Waals surface area contributed by atoms with Crippen LogP contribution < -0.4 is 5.32 Å². The van der Waals surface area contributed by atoms with Gasteiger partial charge < -0.3 is 89.9 Å². The molecule has 19 nitrogen and oxygen atoms in total. The molecule has 0 bridgehead atoms. The summed E-state index contributed by atoms with van der Waals surface area (Å²) in [6, 6.07) is -1.02. The first kappa shape index (κ1) is 67.0. The van der Waals surface area contributed by atoms with Crippen LogP contribution in [0.2, 0.25) is 0 Å². The second-order valence-electron chi connectivity index (χ2n) is 19.3. The number of rotatable bonds is 37. The number of hydrogen-bond donors (Lipinski definition) is 12. The molecule has 0 saturated carbocycles. The smallest absolute Gasteiger partial charge is 0.220 e. The molecule has 3 fully saturated rings. The molecule has 3 aliphatic heterocycles. The molecule has 17 atom stereocenters. The molecule has 3 heterocycles. The van der Waals surface area contributed by atoms with Gasteiger partial charge in [0, 0.05) is 6.42 Å². The fourth-order valence-electron chi connectivity index (χ4n) is 8.53. The van der Waals surface area contributed by atoms with Gasteiger partial charge in [-0.15, -0.1) is 0 Å². The number of carbonyl (C=O) groups excluding carboxylic acids is 1. The zero-order valence-corrected chi connectivity index (χ0v) is 44.7. The first-order valence-electron chi connectivity index (χ1n) is 27.5. The minimum atomic E-state index is -1.99. The highest BCUT2D eigenvalue weighted by atomic mass is 16.8. The van der Waals surface area contributed by atoms with Crippen LogP contribution in [-0.2, 0) is 33.2 Å². The third kappa shape index (κ3) is 24.4. The maximum atomic E-state index is 13.3. The van der Waals surface area contributed by atoms with Crippen molar-refractivity contribution in [2.45, 2.75) is 227 Å². The molecule has 12 N–H and O–H groups in total. The summed E-state index contributed by atoms with van der Waals surface area (Å²) in [7, 11) is 0. The highest BCUT2D eigenvalue weighted by Gasteiger charge is 2.53. The third-order valence-electron chi connectivity index (χ3n) is 13.1. The Labute approximate surface area is 450 Å². The lowest BCUT2D eigenvalue weighted by Gasteiger charge is -2.48. The number of aliphatic hydroxyl groups is 11. The Balaban J connectivity index is 1.55. The van der Waals surface area contributed by atoms with Crippen molar-refractivity contribution < 1.29 is 89.4 Å². The molecule has 0 radical (unpaired) electrons. The minimum absolute atomic E-state index is 0.186. The number of aliphatic hydroxyl groups excluding tert-OH is 11. The second-order valence-corrected chi connectivity index (χ2v) is 19.3. The van der Waals surface area contributed by atoms with Crippen LogP contribution in [0.25, 0.3) is 0 Å². The summed E-state index contributed by atoms with van der Waals surface area (Å²) in [6.45, 7) is 1.45. The van der Waals surface area contributed by atoms with Gasteiger partial charge in [-0.3, -0.25) is 4.79 Å². The van der Waals surface area contributed by atoms with Crippen LogP contribution in [0.3, 0.4) is 0 Å². The predicted molar refractivity (Wildman–Crippen MR) is 286 cm³/mol. The second kappa shape index (κ2) is 40.0. The standard InChI is InChI=1S/C57H93NO18/c1-3-5-7-9-11-13-15-17-18-19-20-21-22-23-25-27-29-31-33-35-45(63)58-40(41(62)34-32-30-28-26-24-16-14-12-10-8-6-4-2)39-71-55-51(69)48(66)53(43(37-60)73-55)76-57-52(70)49(67)54(44(38-61)74-57)75-56-50(68)47(65)46(64)42(36-59)72-56/h5,7,10-13,17-18,20-21,23-26,32,34,40-44,46-57,59-62,64-70H,3-4,6,8-9,14-16,19,22,27-31,33,35-39H2,1-2H3,(H,58,63)/b7-5-,12-10+,13-11-,18-17-,21-20-,25-23-,26-24+,34-32+. The van der Waals surface area contributed by atoms with Crippen LogP contribution in [0, 0.1) is 0 Å². The lowest BCUT2D eigenvalue weighted by Crippen LogP contribution is -2.66. The first-order chi connectivity index (χ1) is 36.8. The maximum absolute atomic E-state index is 13.3. The summed E-state index contributed by atoms with van der Waals surface area (Å²) in [5.74, 6) is -0.329. The van der Waals surface area contributed by atoms with Gasteiger partial charge in [0.15, 0.2) is 18.9 Å². The highest BCUT2D eigenvalue weighted by Crippen LogP contribution is 2.33. The van der Waals surface area contributed by atoms with Crippen molar-refractivity contribution in [3.05, 3.63) is 97.2 Å². The Morgan fingerprint density at radius 2 is 0.921 bits per heavy atom. The fourth-order valence-corrected chi connectivity index (χ4v) is 8.53. The molecule has 19 heteroatoms. The van der Waals surface area contributed by atoms with Crippen LogP contribution in [0.4, 0.5) is 0 Å². The van der Waals surface area contributed by atoms with E-state index in [2.05, 4.69) is 104 Å². The summed E-state index contributed by atoms with van der Waals surface area (Å²) < 4.78 is 34.1. The Morgan fingerprint density at radius 3 is 1.45 bits per heavy atom. The van der Waals surface area contributed by atoms with Gasteiger partial charge in [-0.25, -0.2) is 0 Å². The van der Waals surface area contributed by atoms with Crippen LogP contribution >= 0.6 is 0 Å². The molecule has 0 aliphatic carbocycles. The third-order valence-corrected chi connectivity index (χ3v) is 13.1. The number of allylic oxidation sites excluding steroid dienone is 15. The summed E-state index contributed by atoms with van der Waals surface area (Å²) in [5.41, 5.74) is 0. The summed E-state index contributed by atoms with van der Waals surface area (Å²) in [5, 5.41) is 120. The molecule has 3 saturated heterocycles. The van der Waals surface area contributed by atoms with Gasteiger partial charge in [0.1, 0.15) is 73.2 Å². The quantitative estimate of drug-likeness (QED) is 0.0313. The van der Waals surface area contributed by atoms with Gasteiger partial charge >= 0.3 is 0 Å². The van der Waals surface area contributed by atoms with E-state index in [1.165, 1.54) is 12.8 Å². The Morgan fingerprint density at radius 1 is 0.487 bits per heavy atom. The van der Waals surface area contributed by atoms with Gasteiger partial charge in [-0.05, 0) is 83.5 Å². The average molecular weight is 1080 g/mol. The molecule has 17 unspecified atom stereocenters. The van der Waals surface area contributed by atoms with E-state index in [4.69, 9.17) is 28.4 Å². The summed E-state index contributed by atoms with van der Waals surface area (Å²) in [4.78, 5) is 13.3. The average Bonchev–Trinajstić information content (AvgIpc) is 3.42. The van der Waals surface area contributed by atoms with Gasteiger partial charge in [0.25, 0.3) is 0 Å². The van der Waals surface area contributed by atoms with Crippen molar-refractivity contribution in [3.63, 3.8) is 0 Å². The van der Waals surface area contributed by atoms with E-state index >= 15 is 0 Å². The number of unbranched alkanes of at least 4 members (excludes halogenated alkanes) is 7. The van der Waals surface area contributed by atoms with Crippen LogP contribution in [0.15, 0.2) is 97.2 Å². The first-order valence-corrected chi connectivity index (χ1v) is 27.5. The van der Waals surface area contributed by atoms with Crippen molar-refractivity contribution in [1.82, 2.24) is 5.32 Å². The van der Waals surface area contributed by atoms with Crippen molar-refractivity contribution in [2.75, 3.05) is 26.4 Å². The number of nitrogens with one attached hydrogen (secondary N) is 1. The van der Waals surface area contributed by atoms with E-state index in [0.717, 1.165) is 77.0 Å². The maximum Gasteiger partial charge on any atom is 0.220 e. The Kier molecular flexibility index (Phi) is 35.2. The minimum Gasteiger partial charge on any atom is -0.394 e. The molecule has 76 heavy (non-hydrogen) atoms. The topological polar surface area (TPSA) is 307 Å². The van der Waals surface area contributed by atoms with Gasteiger partial charge in [0.05, 0.1) is 38.6 Å². The van der Waals surface area contributed by atoms with Crippen molar-refractivity contribution >= 4 is 5.91 Å². The van der Waals surface area contributed by atoms with Gasteiger partial charge in [-0.1, -0.05) is 130 Å². The van der Waals surface area contributed by atoms with Gasteiger partial charge in [-0.2, -0.15) is 0 Å². The van der Waals surface area contributed by atoms with Gasteiger partial charge in [0.2, 0.25) is 5.91 Å². The molecule has 3 rings (SSSR count). The molecule has 0 aromatic heterocycles. The lowest BCUT2D eigenvalue weighted by atomic mass is 9.96. The zero-order chi connectivity index (χ0) is 55.5. The van der Waals surface area contributed by atoms with Crippen LogP contribution in [0.1, 0.15) is 123 Å². The van der Waals surface area contributed by atoms with E-state index < -0.39 is 131 Å². The Bertz CT molecular complexity index is 1770. The normalized spacial score (nSPS) is 31.7. The molecular formula is C57H93NO18. The van der Waals surface area contributed by atoms with E-state index in [9.17, 15) is 61.0 Å². The molecule has 0 aromatic rings. The largest absolute Gasteiger partial charge is 0.394 e. The van der Waals surface area contributed by atoms with E-state index in [1.54, 1.807) is 12.2 Å². The van der Waals surface area contributed by atoms with E-state index in [-0.39, 0.29) is 12.3 Å². The predicted octanol–water partition coefficient (Wildman–Crippen LogP) is 3.42. The number of hydrogen-bond acceptors (Lipinski definition) is 18. The molecular weight excluding hydrogens is 987 g/mol. The number of amides is 1. The highest BCUT2D eigenvalue weighted by molar-refractivity contribution is 5.76. The summed E-state index contributed by atoms with van der Waals surface area (Å²) in [6.07, 6.45) is 21.2. The molecule has 0 spiro atoms. The van der Waals surface area contributed by atoms with Crippen molar-refractivity contribution in [2.24, 2.45) is 0 Å². The Hall–Kier alpha value is -3.29. The number of ether oxygens (including phenoxy) is 6. The van der Waals surface area contributed by atoms with Crippen LogP contribution in [0.5, 0.6) is 0 Å². The summed E-state index contributed by atoms with van der Waals surface area (Å²) >= 11 is 0. The van der Waals surface area contributed by atoms with E-state index in [0.29, 0.717) is 12.8 Å². The molecule has 3 aliphatic rings. The van der Waals surface area contributed by atoms with Crippen LogP contribution in [-0.4, -0.2) is 193 Å². The molecule has 0 aromatic carbocycles. The zero-order valence-electron chi connectivity index (χ0n) is 44.7. The lowest BCUT2D eigenvalue weighted by molar-refractivity contribution is -0.379. The van der Waals surface area contributed by atoms with Crippen molar-refractivity contribution in [3.8, 4) is 0 Å². The fraction of sp³-hybridized carbons (Fsp3) is 0.702. The van der Waals surface area contributed by atoms with E-state index in [1.807, 2.05) is 0 Å². The molecule has 434 valence electrons. The SMILES string of the molecule is CC/C=C\C/C=C\C/C=C\C/C=C\C/C=C\CCCCCC(=O)NC(COC1OC(CO)C(OC2OC(CO)C(OC3OC(CO)C(O)C(O)C3O)C(O)C2O)C(O)C1O)C(O)/C=C/CC/C=C/CC/C=C/CCCC. The monoisotopic (exact) mass is 1080 g/mol. The molecule has 1 amide bonds.